The van der Waals surface area contributed by atoms with Crippen molar-refractivity contribution in [3.05, 3.63) is 42.5 Å². The van der Waals surface area contributed by atoms with Gasteiger partial charge in [0.15, 0.2) is 5.96 Å². The lowest BCUT2D eigenvalue weighted by Crippen LogP contribution is -2.39. The molecule has 0 fully saturated rings. The van der Waals surface area contributed by atoms with Crippen molar-refractivity contribution in [2.24, 2.45) is 4.99 Å². The first kappa shape index (κ1) is 20.5. The minimum atomic E-state index is -0.187. The number of guanidine groups is 1. The molecule has 1 aromatic carbocycles. The highest BCUT2D eigenvalue weighted by Gasteiger charge is 2.06. The van der Waals surface area contributed by atoms with Crippen LogP contribution in [0.4, 0.5) is 0 Å². The van der Waals surface area contributed by atoms with E-state index < -0.39 is 0 Å². The summed E-state index contributed by atoms with van der Waals surface area (Å²) in [6.45, 7) is 8.69. The van der Waals surface area contributed by atoms with Crippen molar-refractivity contribution < 1.29 is 9.90 Å². The molecule has 0 saturated carbocycles. The quantitative estimate of drug-likeness (QED) is 0.263. The minimum Gasteiger partial charge on any atom is -0.508 e. The Balaban J connectivity index is 2.37. The second kappa shape index (κ2) is 11.9. The third-order valence-electron chi connectivity index (χ3n) is 3.59. The lowest BCUT2D eigenvalue weighted by Gasteiger charge is -2.21. The highest BCUT2D eigenvalue weighted by atomic mass is 16.3. The van der Waals surface area contributed by atoms with E-state index in [1.165, 1.54) is 6.07 Å². The third kappa shape index (κ3) is 8.24. The van der Waals surface area contributed by atoms with Gasteiger partial charge < -0.3 is 20.6 Å². The molecule has 6 nitrogen and oxygen atoms in total. The smallest absolute Gasteiger partial charge is 0.251 e. The van der Waals surface area contributed by atoms with Crippen molar-refractivity contribution >= 4 is 11.9 Å². The van der Waals surface area contributed by atoms with E-state index in [4.69, 9.17) is 0 Å². The zero-order valence-corrected chi connectivity index (χ0v) is 15.3. The van der Waals surface area contributed by atoms with Crippen molar-refractivity contribution in [1.82, 2.24) is 15.5 Å². The van der Waals surface area contributed by atoms with Crippen LogP contribution in [0.3, 0.4) is 0 Å². The van der Waals surface area contributed by atoms with Crippen LogP contribution in [-0.2, 0) is 0 Å². The van der Waals surface area contributed by atoms with Crippen molar-refractivity contribution in [3.63, 3.8) is 0 Å². The normalized spacial score (nSPS) is 11.0. The summed E-state index contributed by atoms with van der Waals surface area (Å²) >= 11 is 0. The molecule has 0 saturated heterocycles. The molecule has 0 aliphatic rings. The standard InChI is InChI=1S/C19H30N4O2/c1-4-6-7-14-23(3)19(20-5-2)22-13-9-12-21-18(25)16-10-8-11-17(24)15-16/h4,8,10-11,15,24H,1,5-7,9,12-14H2,2-3H3,(H,20,22)(H,21,25). The number of hydrogen-bond acceptors (Lipinski definition) is 3. The summed E-state index contributed by atoms with van der Waals surface area (Å²) in [6, 6.07) is 6.32. The number of unbranched alkanes of at least 4 members (excludes halogenated alkanes) is 1. The Labute approximate surface area is 150 Å². The number of phenolic OH excluding ortho intramolecular Hbond substituents is 1. The summed E-state index contributed by atoms with van der Waals surface area (Å²) in [6.07, 6.45) is 4.71. The fraction of sp³-hybridized carbons (Fsp3) is 0.474. The average Bonchev–Trinajstić information content (AvgIpc) is 2.60. The van der Waals surface area contributed by atoms with Crippen LogP contribution in [0.2, 0.25) is 0 Å². The Morgan fingerprint density at radius 3 is 2.84 bits per heavy atom. The molecule has 1 amide bonds. The number of allylic oxidation sites excluding steroid dienone is 1. The maximum atomic E-state index is 12.0. The van der Waals surface area contributed by atoms with E-state index in [2.05, 4.69) is 27.1 Å². The van der Waals surface area contributed by atoms with Crippen LogP contribution in [0.1, 0.15) is 36.5 Å². The summed E-state index contributed by atoms with van der Waals surface area (Å²) in [5.41, 5.74) is 0.457. The topological polar surface area (TPSA) is 77.0 Å². The van der Waals surface area contributed by atoms with E-state index in [0.29, 0.717) is 18.7 Å². The molecule has 0 aliphatic carbocycles. The molecule has 0 heterocycles. The molecule has 0 aromatic heterocycles. The number of benzene rings is 1. The monoisotopic (exact) mass is 346 g/mol. The molecular formula is C19H30N4O2. The molecule has 0 spiro atoms. The van der Waals surface area contributed by atoms with E-state index in [1.54, 1.807) is 18.2 Å². The molecule has 138 valence electrons. The van der Waals surface area contributed by atoms with Gasteiger partial charge in [-0.1, -0.05) is 12.1 Å². The second-order valence-electron chi connectivity index (χ2n) is 5.75. The highest BCUT2D eigenvalue weighted by molar-refractivity contribution is 5.94. The number of aliphatic imine (C=N–C) groups is 1. The molecule has 1 rings (SSSR count). The van der Waals surface area contributed by atoms with E-state index >= 15 is 0 Å². The van der Waals surface area contributed by atoms with Gasteiger partial charge in [-0.05, 0) is 44.4 Å². The van der Waals surface area contributed by atoms with Crippen LogP contribution in [0.15, 0.2) is 41.9 Å². The number of rotatable bonds is 10. The molecule has 0 atom stereocenters. The maximum absolute atomic E-state index is 12.0. The summed E-state index contributed by atoms with van der Waals surface area (Å²) in [4.78, 5) is 18.7. The van der Waals surface area contributed by atoms with Crippen molar-refractivity contribution in [2.45, 2.75) is 26.2 Å². The highest BCUT2D eigenvalue weighted by Crippen LogP contribution is 2.10. The predicted octanol–water partition coefficient (Wildman–Crippen LogP) is 2.38. The van der Waals surface area contributed by atoms with Gasteiger partial charge in [-0.25, -0.2) is 0 Å². The molecule has 1 aromatic rings. The van der Waals surface area contributed by atoms with Crippen LogP contribution >= 0.6 is 0 Å². The summed E-state index contributed by atoms with van der Waals surface area (Å²) in [5, 5.41) is 15.5. The van der Waals surface area contributed by atoms with Gasteiger partial charge in [-0.15, -0.1) is 6.58 Å². The first-order valence-electron chi connectivity index (χ1n) is 8.76. The number of phenols is 1. The second-order valence-corrected chi connectivity index (χ2v) is 5.75. The van der Waals surface area contributed by atoms with Crippen LogP contribution < -0.4 is 10.6 Å². The summed E-state index contributed by atoms with van der Waals surface area (Å²) in [7, 11) is 2.02. The Bertz CT molecular complexity index is 572. The Morgan fingerprint density at radius 2 is 2.16 bits per heavy atom. The van der Waals surface area contributed by atoms with Gasteiger partial charge in [0, 0.05) is 38.8 Å². The maximum Gasteiger partial charge on any atom is 0.251 e. The van der Waals surface area contributed by atoms with Gasteiger partial charge in [0.2, 0.25) is 0 Å². The largest absolute Gasteiger partial charge is 0.508 e. The van der Waals surface area contributed by atoms with Gasteiger partial charge in [0.1, 0.15) is 5.75 Å². The SMILES string of the molecule is C=CCCCN(C)C(=NCCCNC(=O)c1cccc(O)c1)NCC. The van der Waals surface area contributed by atoms with Crippen molar-refractivity contribution in [2.75, 3.05) is 33.2 Å². The Morgan fingerprint density at radius 1 is 1.36 bits per heavy atom. The Kier molecular flexibility index (Phi) is 9.82. The van der Waals surface area contributed by atoms with E-state index in [9.17, 15) is 9.90 Å². The van der Waals surface area contributed by atoms with Gasteiger partial charge in [-0.3, -0.25) is 9.79 Å². The van der Waals surface area contributed by atoms with Gasteiger partial charge in [0.05, 0.1) is 0 Å². The van der Waals surface area contributed by atoms with Crippen LogP contribution in [0, 0.1) is 0 Å². The lowest BCUT2D eigenvalue weighted by atomic mass is 10.2. The van der Waals surface area contributed by atoms with E-state index in [1.807, 2.05) is 20.0 Å². The van der Waals surface area contributed by atoms with Gasteiger partial charge in [-0.2, -0.15) is 0 Å². The number of hydrogen-bond donors (Lipinski definition) is 3. The van der Waals surface area contributed by atoms with Gasteiger partial charge >= 0.3 is 0 Å². The minimum absolute atomic E-state index is 0.0898. The fourth-order valence-electron chi connectivity index (χ4n) is 2.26. The number of nitrogens with zero attached hydrogens (tertiary/aromatic N) is 2. The Hall–Kier alpha value is -2.50. The zero-order valence-electron chi connectivity index (χ0n) is 15.3. The van der Waals surface area contributed by atoms with Crippen molar-refractivity contribution in [3.8, 4) is 5.75 Å². The molecule has 6 heteroatoms. The number of carbonyl (C=O) groups is 1. The predicted molar refractivity (Wildman–Crippen MR) is 103 cm³/mol. The molecule has 0 bridgehead atoms. The van der Waals surface area contributed by atoms with Crippen LogP contribution in [0.5, 0.6) is 5.75 Å². The number of carbonyl (C=O) groups excluding carboxylic acids is 1. The molecule has 3 N–H and O–H groups in total. The fourth-order valence-corrected chi connectivity index (χ4v) is 2.26. The first-order valence-corrected chi connectivity index (χ1v) is 8.76. The first-order chi connectivity index (χ1) is 12.1. The summed E-state index contributed by atoms with van der Waals surface area (Å²) < 4.78 is 0. The molecule has 0 aliphatic heterocycles. The molecular weight excluding hydrogens is 316 g/mol. The van der Waals surface area contributed by atoms with E-state index in [0.717, 1.165) is 38.3 Å². The van der Waals surface area contributed by atoms with Crippen LogP contribution in [0.25, 0.3) is 0 Å². The summed E-state index contributed by atoms with van der Waals surface area (Å²) in [5.74, 6) is 0.784. The van der Waals surface area contributed by atoms with Gasteiger partial charge in [0.25, 0.3) is 5.91 Å². The van der Waals surface area contributed by atoms with Crippen LogP contribution in [-0.4, -0.2) is 55.1 Å². The molecule has 0 unspecified atom stereocenters. The lowest BCUT2D eigenvalue weighted by molar-refractivity contribution is 0.0953. The molecule has 0 radical (unpaired) electrons. The number of aromatic hydroxyl groups is 1. The van der Waals surface area contributed by atoms with Crippen molar-refractivity contribution in [1.29, 1.82) is 0 Å². The number of amides is 1. The number of nitrogens with one attached hydrogen (secondary N) is 2. The average molecular weight is 346 g/mol. The third-order valence-corrected chi connectivity index (χ3v) is 3.59. The van der Waals surface area contributed by atoms with E-state index in [-0.39, 0.29) is 11.7 Å². The zero-order chi connectivity index (χ0) is 18.5. The molecule has 25 heavy (non-hydrogen) atoms.